The Kier molecular flexibility index (Phi) is 6.95. The maximum absolute atomic E-state index is 12.9. The van der Waals surface area contributed by atoms with Crippen LogP contribution in [0.15, 0.2) is 96.6 Å². The maximum atomic E-state index is 12.9. The molecule has 0 saturated heterocycles. The molecule has 7 heteroatoms. The van der Waals surface area contributed by atoms with Crippen molar-refractivity contribution in [2.75, 3.05) is 0 Å². The minimum absolute atomic E-state index is 0. The van der Waals surface area contributed by atoms with E-state index in [1.807, 2.05) is 30.3 Å². The number of benzene rings is 4. The molecule has 1 radical (unpaired) electrons. The molecule has 5 rings (SSSR count). The second-order valence-corrected chi connectivity index (χ2v) is 8.06. The number of carboxylic acid groups (broad SMARTS) is 2. The van der Waals surface area contributed by atoms with E-state index in [0.717, 1.165) is 0 Å². The number of aromatic hydroxyl groups is 1. The molecule has 0 aromatic heterocycles. The zero-order valence-electron chi connectivity index (χ0n) is 19.2. The van der Waals surface area contributed by atoms with E-state index in [0.29, 0.717) is 38.6 Å². The van der Waals surface area contributed by atoms with Gasteiger partial charge in [-0.3, -0.25) is 4.79 Å². The first kappa shape index (κ1) is 25.1. The third kappa shape index (κ3) is 4.16. The summed E-state index contributed by atoms with van der Waals surface area (Å²) in [6.45, 7) is 0. The Morgan fingerprint density at radius 2 is 1.25 bits per heavy atom. The molecule has 4 aromatic carbocycles. The largest absolute Gasteiger partial charge is 0.506 e. The van der Waals surface area contributed by atoms with E-state index in [-0.39, 0.29) is 52.0 Å². The molecule has 0 spiro atoms. The van der Waals surface area contributed by atoms with Gasteiger partial charge in [0, 0.05) is 40.5 Å². The Morgan fingerprint density at radius 3 is 1.89 bits per heavy atom. The minimum atomic E-state index is -1.35. The number of rotatable bonds is 4. The van der Waals surface area contributed by atoms with Crippen LogP contribution in [-0.4, -0.2) is 62.6 Å². The molecule has 0 aliphatic heterocycles. The molecule has 4 aromatic rings. The van der Waals surface area contributed by atoms with Crippen molar-refractivity contribution in [1.29, 1.82) is 0 Å². The van der Waals surface area contributed by atoms with Gasteiger partial charge in [-0.2, -0.15) is 0 Å². The van der Waals surface area contributed by atoms with Gasteiger partial charge in [-0.15, -0.1) is 0 Å². The van der Waals surface area contributed by atoms with Gasteiger partial charge in [0.25, 0.3) is 0 Å². The number of hydrogen-bond acceptors (Lipinski definition) is 4. The van der Waals surface area contributed by atoms with E-state index in [2.05, 4.69) is 0 Å². The molecule has 0 bridgehead atoms. The van der Waals surface area contributed by atoms with E-state index in [1.165, 1.54) is 12.1 Å². The Morgan fingerprint density at radius 1 is 0.667 bits per heavy atom. The Hall–Kier alpha value is -3.97. The number of aromatic carboxylic acids is 1. The average molecular weight is 485 g/mol. The van der Waals surface area contributed by atoms with Gasteiger partial charge in [-0.25, -0.2) is 9.59 Å². The van der Waals surface area contributed by atoms with Crippen molar-refractivity contribution in [3.63, 3.8) is 0 Å². The molecule has 0 heterocycles. The van der Waals surface area contributed by atoms with Gasteiger partial charge in [-0.1, -0.05) is 78.9 Å². The fourth-order valence-corrected chi connectivity index (χ4v) is 4.51. The fraction of sp³-hybridized carbons (Fsp3) is 0. The summed E-state index contributed by atoms with van der Waals surface area (Å²) in [5.74, 6) is -3.59. The number of aliphatic carboxylic acids is 1. The Labute approximate surface area is 228 Å². The zero-order valence-corrected chi connectivity index (χ0v) is 21.2. The van der Waals surface area contributed by atoms with Crippen LogP contribution < -0.4 is 0 Å². The summed E-state index contributed by atoms with van der Waals surface area (Å²) in [4.78, 5) is 36.9. The first-order valence-corrected chi connectivity index (χ1v) is 10.8. The standard InChI is InChI=1S/C29H18O6.Na/c30-26-19-12-6-4-10-17(19)21(14-23(26)28(32)33)25(16-8-2-1-3-9-16)22-15-24(29(34)35)27(31)20-13-7-5-11-18(20)22;/h1-15,30H,(H,32,33)(H,34,35);. The molecular weight excluding hydrogens is 467 g/mol. The van der Waals surface area contributed by atoms with Crippen molar-refractivity contribution in [2.24, 2.45) is 0 Å². The summed E-state index contributed by atoms with van der Waals surface area (Å²) in [7, 11) is 0. The molecule has 1 aliphatic rings. The summed E-state index contributed by atoms with van der Waals surface area (Å²) >= 11 is 0. The number of carbonyl (C=O) groups is 3. The zero-order chi connectivity index (χ0) is 24.7. The van der Waals surface area contributed by atoms with Crippen molar-refractivity contribution in [2.45, 2.75) is 0 Å². The molecule has 6 nitrogen and oxygen atoms in total. The summed E-state index contributed by atoms with van der Waals surface area (Å²) in [6, 6.07) is 24.1. The summed E-state index contributed by atoms with van der Waals surface area (Å²) < 4.78 is 0. The van der Waals surface area contributed by atoms with Crippen LogP contribution in [-0.2, 0) is 4.79 Å². The van der Waals surface area contributed by atoms with Crippen LogP contribution in [0.25, 0.3) is 21.9 Å². The summed E-state index contributed by atoms with van der Waals surface area (Å²) in [5.41, 5.74) is 2.32. The van der Waals surface area contributed by atoms with E-state index in [4.69, 9.17) is 0 Å². The third-order valence-corrected chi connectivity index (χ3v) is 6.07. The predicted octanol–water partition coefficient (Wildman–Crippen LogP) is 5.03. The molecule has 0 saturated carbocycles. The summed E-state index contributed by atoms with van der Waals surface area (Å²) in [5, 5.41) is 31.2. The number of carbonyl (C=O) groups excluding carboxylic acids is 1. The Balaban J connectivity index is 0.00000304. The van der Waals surface area contributed by atoms with Gasteiger partial charge in [-0.05, 0) is 45.4 Å². The number of allylic oxidation sites excluding steroid dienone is 2. The number of Topliss-reactive ketones (excluding diaryl/α,β-unsaturated/α-hetero) is 1. The maximum Gasteiger partial charge on any atom is 0.339 e. The van der Waals surface area contributed by atoms with Gasteiger partial charge in [0.2, 0.25) is 5.78 Å². The van der Waals surface area contributed by atoms with Crippen LogP contribution in [0.4, 0.5) is 0 Å². The quantitative estimate of drug-likeness (QED) is 0.276. The van der Waals surface area contributed by atoms with Crippen LogP contribution in [0.2, 0.25) is 0 Å². The predicted molar refractivity (Wildman–Crippen MR) is 137 cm³/mol. The first-order chi connectivity index (χ1) is 16.9. The van der Waals surface area contributed by atoms with Crippen molar-refractivity contribution in [3.8, 4) is 5.75 Å². The molecule has 36 heavy (non-hydrogen) atoms. The SMILES string of the molecule is O=C(O)C1=CC(=C(c2ccccc2)c2cc(C(=O)O)c(O)c3ccccc23)c2ccccc2C1=O.[Na]. The van der Waals surface area contributed by atoms with Gasteiger partial charge < -0.3 is 15.3 Å². The third-order valence-electron chi connectivity index (χ3n) is 6.07. The van der Waals surface area contributed by atoms with Crippen LogP contribution in [0.5, 0.6) is 5.75 Å². The number of hydrogen-bond donors (Lipinski definition) is 3. The summed E-state index contributed by atoms with van der Waals surface area (Å²) in [6.07, 6.45) is 1.34. The number of carboxylic acids is 2. The van der Waals surface area contributed by atoms with Crippen LogP contribution in [0.1, 0.15) is 37.4 Å². The van der Waals surface area contributed by atoms with E-state index < -0.39 is 17.7 Å². The molecular formula is C29H18NaO6. The number of ketones is 1. The fourth-order valence-electron chi connectivity index (χ4n) is 4.51. The van der Waals surface area contributed by atoms with Crippen LogP contribution >= 0.6 is 0 Å². The normalized spacial score (nSPS) is 13.9. The molecule has 3 N–H and O–H groups in total. The second kappa shape index (κ2) is 9.95. The number of phenols is 1. The van der Waals surface area contributed by atoms with Crippen LogP contribution in [0, 0.1) is 0 Å². The smallest absolute Gasteiger partial charge is 0.339 e. The van der Waals surface area contributed by atoms with Gasteiger partial charge >= 0.3 is 11.9 Å². The van der Waals surface area contributed by atoms with Gasteiger partial charge in [0.05, 0.1) is 0 Å². The van der Waals surface area contributed by atoms with Crippen molar-refractivity contribution in [1.82, 2.24) is 0 Å². The Bertz CT molecular complexity index is 1620. The van der Waals surface area contributed by atoms with Crippen molar-refractivity contribution in [3.05, 3.63) is 124 Å². The second-order valence-electron chi connectivity index (χ2n) is 8.06. The van der Waals surface area contributed by atoms with E-state index in [9.17, 15) is 29.7 Å². The van der Waals surface area contributed by atoms with E-state index >= 15 is 0 Å². The van der Waals surface area contributed by atoms with Crippen molar-refractivity contribution < 1.29 is 29.7 Å². The number of fused-ring (bicyclic) bond motifs is 2. The average Bonchev–Trinajstić information content (AvgIpc) is 2.87. The van der Waals surface area contributed by atoms with Crippen LogP contribution in [0.3, 0.4) is 0 Å². The van der Waals surface area contributed by atoms with Gasteiger partial charge in [0.15, 0.2) is 0 Å². The van der Waals surface area contributed by atoms with Crippen molar-refractivity contribution >= 4 is 69.2 Å². The molecule has 0 amide bonds. The molecule has 171 valence electrons. The molecule has 0 atom stereocenters. The van der Waals surface area contributed by atoms with E-state index in [1.54, 1.807) is 48.5 Å². The molecule has 0 unspecified atom stereocenters. The first-order valence-electron chi connectivity index (χ1n) is 10.8. The van der Waals surface area contributed by atoms with Gasteiger partial charge in [0.1, 0.15) is 16.9 Å². The topological polar surface area (TPSA) is 112 Å². The minimum Gasteiger partial charge on any atom is -0.506 e. The molecule has 1 aliphatic carbocycles. The monoisotopic (exact) mass is 485 g/mol. The molecule has 0 fully saturated rings.